The molecular formula is C14H24N2O. The van der Waals surface area contributed by atoms with Crippen molar-refractivity contribution in [2.45, 2.75) is 64.5 Å². The fourth-order valence-corrected chi connectivity index (χ4v) is 2.78. The summed E-state index contributed by atoms with van der Waals surface area (Å²) in [6.45, 7) is 4.28. The number of nitrogens with zero attached hydrogens (tertiary/aromatic N) is 2. The molecule has 0 saturated heterocycles. The van der Waals surface area contributed by atoms with Crippen LogP contribution in [-0.4, -0.2) is 14.9 Å². The number of hydrogen-bond donors (Lipinski definition) is 1. The Morgan fingerprint density at radius 1 is 1.35 bits per heavy atom. The van der Waals surface area contributed by atoms with Crippen molar-refractivity contribution < 1.29 is 5.11 Å². The summed E-state index contributed by atoms with van der Waals surface area (Å²) in [5, 5.41) is 14.2. The molecule has 0 bridgehead atoms. The van der Waals surface area contributed by atoms with E-state index in [0.29, 0.717) is 6.04 Å². The Morgan fingerprint density at radius 2 is 2.06 bits per heavy atom. The molecule has 3 nitrogen and oxygen atoms in total. The highest BCUT2D eigenvalue weighted by Gasteiger charge is 2.22. The first-order valence-electron chi connectivity index (χ1n) is 6.96. The van der Waals surface area contributed by atoms with Crippen molar-refractivity contribution in [1.82, 2.24) is 9.78 Å². The van der Waals surface area contributed by atoms with E-state index in [1.165, 1.54) is 32.1 Å². The van der Waals surface area contributed by atoms with Crippen LogP contribution >= 0.6 is 0 Å². The molecule has 1 aromatic rings. The zero-order valence-corrected chi connectivity index (χ0v) is 11.0. The molecule has 96 valence electrons. The number of aromatic nitrogens is 2. The lowest BCUT2D eigenvalue weighted by atomic mass is 9.85. The SMILES string of the molecule is CCC1CCC(n2cc(C(O)CC)cn2)CC1. The molecule has 0 spiro atoms. The van der Waals surface area contributed by atoms with Crippen LogP contribution in [0.3, 0.4) is 0 Å². The van der Waals surface area contributed by atoms with Gasteiger partial charge in [-0.2, -0.15) is 5.10 Å². The Bertz CT molecular complexity index is 340. The highest BCUT2D eigenvalue weighted by atomic mass is 16.3. The Balaban J connectivity index is 1.97. The van der Waals surface area contributed by atoms with Crippen LogP contribution in [0.15, 0.2) is 12.4 Å². The van der Waals surface area contributed by atoms with Gasteiger partial charge in [0.1, 0.15) is 0 Å². The molecule has 3 heteroatoms. The van der Waals surface area contributed by atoms with Crippen LogP contribution in [-0.2, 0) is 0 Å². The first-order chi connectivity index (χ1) is 8.24. The summed E-state index contributed by atoms with van der Waals surface area (Å²) in [4.78, 5) is 0. The second kappa shape index (κ2) is 5.67. The van der Waals surface area contributed by atoms with Crippen LogP contribution in [0.5, 0.6) is 0 Å². The topological polar surface area (TPSA) is 38.0 Å². The van der Waals surface area contributed by atoms with Crippen LogP contribution in [0.1, 0.15) is 70.1 Å². The molecule has 1 atom stereocenters. The predicted molar refractivity (Wildman–Crippen MR) is 68.8 cm³/mol. The number of aliphatic hydroxyl groups is 1. The van der Waals surface area contributed by atoms with Crippen molar-refractivity contribution in [3.05, 3.63) is 18.0 Å². The Kier molecular flexibility index (Phi) is 4.21. The third-order valence-corrected chi connectivity index (χ3v) is 4.16. The summed E-state index contributed by atoms with van der Waals surface area (Å²) in [6.07, 6.45) is 10.7. The van der Waals surface area contributed by atoms with Gasteiger partial charge in [-0.1, -0.05) is 20.3 Å². The second-order valence-electron chi connectivity index (χ2n) is 5.26. The maximum absolute atomic E-state index is 9.77. The van der Waals surface area contributed by atoms with Gasteiger partial charge < -0.3 is 5.11 Å². The van der Waals surface area contributed by atoms with Crippen molar-refractivity contribution in [3.63, 3.8) is 0 Å². The van der Waals surface area contributed by atoms with Crippen LogP contribution in [0.25, 0.3) is 0 Å². The Hall–Kier alpha value is -0.830. The maximum Gasteiger partial charge on any atom is 0.0817 e. The molecule has 2 rings (SSSR count). The van der Waals surface area contributed by atoms with Gasteiger partial charge in [-0.15, -0.1) is 0 Å². The molecular weight excluding hydrogens is 212 g/mol. The molecule has 1 saturated carbocycles. The minimum Gasteiger partial charge on any atom is -0.388 e. The minimum absolute atomic E-state index is 0.351. The first-order valence-corrected chi connectivity index (χ1v) is 6.96. The van der Waals surface area contributed by atoms with E-state index in [1.54, 1.807) is 0 Å². The standard InChI is InChI=1S/C14H24N2O/c1-3-11-5-7-13(8-6-11)16-10-12(9-15-16)14(17)4-2/h9-11,13-14,17H,3-8H2,1-2H3. The molecule has 0 aromatic carbocycles. The van der Waals surface area contributed by atoms with Gasteiger partial charge in [0, 0.05) is 11.8 Å². The van der Waals surface area contributed by atoms with Crippen molar-refractivity contribution in [2.75, 3.05) is 0 Å². The minimum atomic E-state index is -0.351. The van der Waals surface area contributed by atoms with Gasteiger partial charge in [0.05, 0.1) is 18.3 Å². The van der Waals surface area contributed by atoms with E-state index in [9.17, 15) is 5.11 Å². The number of hydrogen-bond acceptors (Lipinski definition) is 2. The molecule has 0 aliphatic heterocycles. The highest BCUT2D eigenvalue weighted by molar-refractivity contribution is 5.08. The van der Waals surface area contributed by atoms with Gasteiger partial charge in [0.25, 0.3) is 0 Å². The largest absolute Gasteiger partial charge is 0.388 e. The van der Waals surface area contributed by atoms with E-state index in [2.05, 4.69) is 16.7 Å². The van der Waals surface area contributed by atoms with Crippen LogP contribution in [0, 0.1) is 5.92 Å². The molecule has 1 aliphatic carbocycles. The normalized spacial score (nSPS) is 27.0. The van der Waals surface area contributed by atoms with E-state index in [0.717, 1.165) is 17.9 Å². The zero-order chi connectivity index (χ0) is 12.3. The van der Waals surface area contributed by atoms with E-state index < -0.39 is 0 Å². The van der Waals surface area contributed by atoms with E-state index in [1.807, 2.05) is 19.3 Å². The van der Waals surface area contributed by atoms with Gasteiger partial charge >= 0.3 is 0 Å². The van der Waals surface area contributed by atoms with E-state index in [-0.39, 0.29) is 6.10 Å². The van der Waals surface area contributed by atoms with Crippen LogP contribution in [0.2, 0.25) is 0 Å². The quantitative estimate of drug-likeness (QED) is 0.869. The highest BCUT2D eigenvalue weighted by Crippen LogP contribution is 2.33. The van der Waals surface area contributed by atoms with Crippen molar-refractivity contribution in [1.29, 1.82) is 0 Å². The molecule has 1 aliphatic rings. The van der Waals surface area contributed by atoms with Gasteiger partial charge in [-0.05, 0) is 38.0 Å². The third kappa shape index (κ3) is 2.89. The lowest BCUT2D eigenvalue weighted by Gasteiger charge is -2.27. The van der Waals surface area contributed by atoms with Crippen molar-refractivity contribution in [3.8, 4) is 0 Å². The fraction of sp³-hybridized carbons (Fsp3) is 0.786. The van der Waals surface area contributed by atoms with Crippen molar-refractivity contribution in [2.24, 2.45) is 5.92 Å². The summed E-state index contributed by atoms with van der Waals surface area (Å²) in [5.74, 6) is 0.919. The van der Waals surface area contributed by atoms with Gasteiger partial charge in [-0.3, -0.25) is 4.68 Å². The van der Waals surface area contributed by atoms with E-state index in [4.69, 9.17) is 0 Å². The smallest absolute Gasteiger partial charge is 0.0817 e. The van der Waals surface area contributed by atoms with Crippen molar-refractivity contribution >= 4 is 0 Å². The summed E-state index contributed by atoms with van der Waals surface area (Å²) < 4.78 is 2.07. The lowest BCUT2D eigenvalue weighted by molar-refractivity contribution is 0.173. The lowest BCUT2D eigenvalue weighted by Crippen LogP contribution is -2.18. The monoisotopic (exact) mass is 236 g/mol. The molecule has 1 N–H and O–H groups in total. The molecule has 17 heavy (non-hydrogen) atoms. The average Bonchev–Trinajstić information content (AvgIpc) is 2.87. The maximum atomic E-state index is 9.77. The van der Waals surface area contributed by atoms with Crippen LogP contribution in [0.4, 0.5) is 0 Å². The Labute approximate surface area is 104 Å². The van der Waals surface area contributed by atoms with Gasteiger partial charge in [-0.25, -0.2) is 0 Å². The average molecular weight is 236 g/mol. The summed E-state index contributed by atoms with van der Waals surface area (Å²) in [6, 6.07) is 0.551. The van der Waals surface area contributed by atoms with Gasteiger partial charge in [0.2, 0.25) is 0 Å². The fourth-order valence-electron chi connectivity index (χ4n) is 2.78. The predicted octanol–water partition coefficient (Wildman–Crippen LogP) is 3.47. The zero-order valence-electron chi connectivity index (χ0n) is 11.0. The Morgan fingerprint density at radius 3 is 2.65 bits per heavy atom. The molecule has 1 unspecified atom stereocenters. The first kappa shape index (κ1) is 12.6. The van der Waals surface area contributed by atoms with Crippen LogP contribution < -0.4 is 0 Å². The molecule has 1 heterocycles. The molecule has 0 radical (unpaired) electrons. The number of aliphatic hydroxyl groups excluding tert-OH is 1. The third-order valence-electron chi connectivity index (χ3n) is 4.16. The van der Waals surface area contributed by atoms with Gasteiger partial charge in [0.15, 0.2) is 0 Å². The summed E-state index contributed by atoms with van der Waals surface area (Å²) >= 11 is 0. The summed E-state index contributed by atoms with van der Waals surface area (Å²) in [5.41, 5.74) is 0.963. The summed E-state index contributed by atoms with van der Waals surface area (Å²) in [7, 11) is 0. The molecule has 1 aromatic heterocycles. The molecule has 0 amide bonds. The number of rotatable bonds is 4. The second-order valence-corrected chi connectivity index (χ2v) is 5.26. The molecule has 1 fully saturated rings. The van der Waals surface area contributed by atoms with E-state index >= 15 is 0 Å².